The minimum absolute atomic E-state index is 0.0255. The number of halogens is 2. The summed E-state index contributed by atoms with van der Waals surface area (Å²) in [4.78, 5) is 40.1. The summed E-state index contributed by atoms with van der Waals surface area (Å²) in [6, 6.07) is 15.6. The highest BCUT2D eigenvalue weighted by Crippen LogP contribution is 2.60. The van der Waals surface area contributed by atoms with Crippen LogP contribution in [0, 0.1) is 29.6 Å². The monoisotopic (exact) mass is 536 g/mol. The standard InChI is InChI=1S/C31H30F2O6/c1-31(32,33)11-6-12-37-29(35)24-22-16-7-2-4-9-18(16)23(19-10-5-3-8-17(19)22)25(24)30(36)38-26-15-13-20-21(14-15)28(34)39-27(20)26/h2-5,7-10,15,20-27H,6,11-14H2,1H3. The smallest absolute Gasteiger partial charge is 0.311 e. The van der Waals surface area contributed by atoms with E-state index in [4.69, 9.17) is 14.2 Å². The van der Waals surface area contributed by atoms with Crippen molar-refractivity contribution in [3.63, 3.8) is 0 Å². The summed E-state index contributed by atoms with van der Waals surface area (Å²) >= 11 is 0. The van der Waals surface area contributed by atoms with Crippen molar-refractivity contribution in [3.8, 4) is 0 Å². The van der Waals surface area contributed by atoms with Crippen LogP contribution in [0.15, 0.2) is 48.5 Å². The number of hydrogen-bond acceptors (Lipinski definition) is 6. The van der Waals surface area contributed by atoms with Crippen molar-refractivity contribution in [1.29, 1.82) is 0 Å². The quantitative estimate of drug-likeness (QED) is 0.282. The first-order valence-electron chi connectivity index (χ1n) is 13.9. The molecule has 5 aliphatic carbocycles. The molecule has 6 aliphatic rings. The van der Waals surface area contributed by atoms with Crippen LogP contribution in [0.2, 0.25) is 0 Å². The second-order valence-corrected chi connectivity index (χ2v) is 11.9. The maximum atomic E-state index is 14.1. The molecule has 7 unspecified atom stereocenters. The molecule has 3 fully saturated rings. The van der Waals surface area contributed by atoms with Crippen molar-refractivity contribution in [2.24, 2.45) is 29.6 Å². The number of ether oxygens (including phenoxy) is 3. The molecule has 7 atom stereocenters. The van der Waals surface area contributed by atoms with Gasteiger partial charge in [0, 0.05) is 30.1 Å². The molecule has 2 aromatic rings. The average Bonchev–Trinajstić information content (AvgIpc) is 3.55. The number of rotatable bonds is 7. The fourth-order valence-corrected chi connectivity index (χ4v) is 8.17. The number of carbonyl (C=O) groups excluding carboxylic acids is 3. The first-order valence-corrected chi connectivity index (χ1v) is 13.9. The van der Waals surface area contributed by atoms with Crippen molar-refractivity contribution >= 4 is 17.9 Å². The predicted molar refractivity (Wildman–Crippen MR) is 134 cm³/mol. The van der Waals surface area contributed by atoms with E-state index in [1.54, 1.807) is 0 Å². The fraction of sp³-hybridized carbons (Fsp3) is 0.516. The molecule has 0 spiro atoms. The summed E-state index contributed by atoms with van der Waals surface area (Å²) in [5, 5.41) is 0. The Kier molecular flexibility index (Phi) is 5.62. The van der Waals surface area contributed by atoms with Gasteiger partial charge in [0.1, 0.15) is 12.2 Å². The number of carbonyl (C=O) groups is 3. The lowest BCUT2D eigenvalue weighted by molar-refractivity contribution is -0.173. The van der Waals surface area contributed by atoms with Crippen LogP contribution in [0.25, 0.3) is 0 Å². The highest BCUT2D eigenvalue weighted by atomic mass is 19.3. The van der Waals surface area contributed by atoms with Gasteiger partial charge in [-0.05, 0) is 48.4 Å². The summed E-state index contributed by atoms with van der Waals surface area (Å²) in [7, 11) is 0. The van der Waals surface area contributed by atoms with Gasteiger partial charge in [0.15, 0.2) is 0 Å². The topological polar surface area (TPSA) is 78.9 Å². The van der Waals surface area contributed by atoms with E-state index in [9.17, 15) is 23.2 Å². The third-order valence-corrected chi connectivity index (χ3v) is 9.65. The average molecular weight is 537 g/mol. The van der Waals surface area contributed by atoms with E-state index in [1.807, 2.05) is 48.5 Å². The molecule has 0 aromatic heterocycles. The van der Waals surface area contributed by atoms with Crippen molar-refractivity contribution in [2.45, 2.75) is 62.6 Å². The molecule has 0 amide bonds. The van der Waals surface area contributed by atoms with Gasteiger partial charge in [-0.15, -0.1) is 0 Å². The van der Waals surface area contributed by atoms with Crippen LogP contribution in [0.4, 0.5) is 8.78 Å². The van der Waals surface area contributed by atoms with Crippen LogP contribution in [-0.4, -0.2) is 42.6 Å². The van der Waals surface area contributed by atoms with Crippen LogP contribution in [-0.2, 0) is 28.6 Å². The van der Waals surface area contributed by atoms with Gasteiger partial charge in [-0.2, -0.15) is 0 Å². The Bertz CT molecular complexity index is 1300. The van der Waals surface area contributed by atoms with Gasteiger partial charge >= 0.3 is 17.9 Å². The zero-order valence-corrected chi connectivity index (χ0v) is 21.6. The van der Waals surface area contributed by atoms with Crippen molar-refractivity contribution < 1.29 is 37.4 Å². The molecular weight excluding hydrogens is 506 g/mol. The third kappa shape index (κ3) is 3.81. The van der Waals surface area contributed by atoms with Crippen LogP contribution >= 0.6 is 0 Å². The molecule has 39 heavy (non-hydrogen) atoms. The van der Waals surface area contributed by atoms with Crippen LogP contribution in [0.3, 0.4) is 0 Å². The van der Waals surface area contributed by atoms with Gasteiger partial charge in [0.2, 0.25) is 5.92 Å². The summed E-state index contributed by atoms with van der Waals surface area (Å²) in [6.45, 7) is 0.696. The Hall–Kier alpha value is -3.29. The molecular formula is C31H30F2O6. The second-order valence-electron chi connectivity index (χ2n) is 11.9. The van der Waals surface area contributed by atoms with E-state index in [2.05, 4.69) is 0 Å². The fourth-order valence-electron chi connectivity index (χ4n) is 8.17. The van der Waals surface area contributed by atoms with E-state index < -0.39 is 53.7 Å². The molecule has 2 aromatic carbocycles. The first-order chi connectivity index (χ1) is 18.7. The number of fused-ring (bicyclic) bond motifs is 2. The van der Waals surface area contributed by atoms with E-state index in [1.165, 1.54) is 0 Å². The Labute approximate surface area is 225 Å². The van der Waals surface area contributed by atoms with Gasteiger partial charge in [-0.3, -0.25) is 14.4 Å². The third-order valence-electron chi connectivity index (χ3n) is 9.65. The summed E-state index contributed by atoms with van der Waals surface area (Å²) in [6.07, 6.45) is 0.159. The molecule has 6 nitrogen and oxygen atoms in total. The lowest BCUT2D eigenvalue weighted by atomic mass is 9.54. The van der Waals surface area contributed by atoms with Gasteiger partial charge in [-0.25, -0.2) is 8.78 Å². The van der Waals surface area contributed by atoms with E-state index in [0.29, 0.717) is 6.42 Å². The maximum absolute atomic E-state index is 14.1. The molecule has 1 saturated heterocycles. The molecule has 1 heterocycles. The minimum atomic E-state index is -2.84. The molecule has 2 saturated carbocycles. The summed E-state index contributed by atoms with van der Waals surface area (Å²) < 4.78 is 44.0. The van der Waals surface area contributed by atoms with E-state index in [-0.39, 0.29) is 43.2 Å². The molecule has 4 bridgehead atoms. The number of alkyl halides is 2. The number of hydrogen-bond donors (Lipinski definition) is 0. The highest BCUT2D eigenvalue weighted by Gasteiger charge is 2.64. The molecule has 0 N–H and O–H groups in total. The lowest BCUT2D eigenvalue weighted by Crippen LogP contribution is -2.49. The molecule has 1 aliphatic heterocycles. The number of benzene rings is 2. The Balaban J connectivity index is 1.22. The van der Waals surface area contributed by atoms with Crippen molar-refractivity contribution in [1.82, 2.24) is 0 Å². The SMILES string of the molecule is CC(F)(F)CCCOC(=O)C1C2c3ccccc3C(c3ccccc32)C1C(=O)OC1C2CC3C(=O)OC1C3C2. The van der Waals surface area contributed by atoms with Gasteiger partial charge < -0.3 is 14.2 Å². The highest BCUT2D eigenvalue weighted by molar-refractivity contribution is 5.88. The second kappa shape index (κ2) is 8.86. The largest absolute Gasteiger partial charge is 0.465 e. The van der Waals surface area contributed by atoms with E-state index >= 15 is 0 Å². The van der Waals surface area contributed by atoms with Crippen LogP contribution < -0.4 is 0 Å². The van der Waals surface area contributed by atoms with Crippen LogP contribution in [0.1, 0.15) is 66.7 Å². The Morgan fingerprint density at radius 1 is 0.923 bits per heavy atom. The molecule has 0 radical (unpaired) electrons. The van der Waals surface area contributed by atoms with E-state index in [0.717, 1.165) is 35.6 Å². The summed E-state index contributed by atoms with van der Waals surface area (Å²) in [5.41, 5.74) is 3.91. The molecule has 8 rings (SSSR count). The van der Waals surface area contributed by atoms with Crippen LogP contribution in [0.5, 0.6) is 0 Å². The maximum Gasteiger partial charge on any atom is 0.311 e. The van der Waals surface area contributed by atoms with Crippen molar-refractivity contribution in [2.75, 3.05) is 6.61 Å². The van der Waals surface area contributed by atoms with Gasteiger partial charge in [-0.1, -0.05) is 48.5 Å². The Morgan fingerprint density at radius 2 is 1.49 bits per heavy atom. The zero-order chi connectivity index (χ0) is 27.1. The van der Waals surface area contributed by atoms with Gasteiger partial charge in [0.05, 0.1) is 24.4 Å². The zero-order valence-electron chi connectivity index (χ0n) is 21.6. The lowest BCUT2D eigenvalue weighted by Gasteiger charge is -2.48. The number of esters is 3. The first kappa shape index (κ1) is 24.7. The molecule has 204 valence electrons. The molecule has 8 heteroatoms. The minimum Gasteiger partial charge on any atom is -0.465 e. The summed E-state index contributed by atoms with van der Waals surface area (Å²) in [5.74, 6) is -6.59. The normalized spacial score (nSPS) is 34.8. The Morgan fingerprint density at radius 3 is 2.05 bits per heavy atom. The van der Waals surface area contributed by atoms with Crippen molar-refractivity contribution in [3.05, 3.63) is 70.8 Å². The predicted octanol–water partition coefficient (Wildman–Crippen LogP) is 4.98. The van der Waals surface area contributed by atoms with Gasteiger partial charge in [0.25, 0.3) is 0 Å².